The molecular formula is C9H10BrIN2. The van der Waals surface area contributed by atoms with Crippen LogP contribution in [0.5, 0.6) is 0 Å². The second-order valence-corrected chi connectivity index (χ2v) is 4.88. The lowest BCUT2D eigenvalue weighted by molar-refractivity contribution is 0.643. The maximum atomic E-state index is 4.32. The zero-order valence-corrected chi connectivity index (χ0v) is 11.2. The molecule has 1 aromatic rings. The zero-order chi connectivity index (χ0) is 9.84. The Morgan fingerprint density at radius 3 is 2.69 bits per heavy atom. The van der Waals surface area contributed by atoms with E-state index in [9.17, 15) is 0 Å². The Balaban J connectivity index is 2.90. The molecular weight excluding hydrogens is 343 g/mol. The molecule has 1 rings (SSSR count). The molecule has 0 saturated carbocycles. The van der Waals surface area contributed by atoms with Crippen LogP contribution in [0.1, 0.15) is 0 Å². The van der Waals surface area contributed by atoms with E-state index >= 15 is 0 Å². The van der Waals surface area contributed by atoms with Gasteiger partial charge >= 0.3 is 0 Å². The smallest absolute Gasteiger partial charge is 0.0907 e. The van der Waals surface area contributed by atoms with E-state index in [2.05, 4.69) is 43.5 Å². The van der Waals surface area contributed by atoms with Crippen LogP contribution >= 0.6 is 38.5 Å². The highest BCUT2D eigenvalue weighted by Crippen LogP contribution is 2.24. The normalized spacial score (nSPS) is 10.8. The molecule has 0 heterocycles. The number of rotatable bonds is 2. The van der Waals surface area contributed by atoms with Crippen LogP contribution in [-0.4, -0.2) is 25.3 Å². The van der Waals surface area contributed by atoms with Crippen molar-refractivity contribution in [3.05, 3.63) is 26.2 Å². The quantitative estimate of drug-likeness (QED) is 0.453. The molecule has 0 saturated heterocycles. The third-order valence-electron chi connectivity index (χ3n) is 1.34. The molecule has 0 spiro atoms. The van der Waals surface area contributed by atoms with Gasteiger partial charge in [-0.2, -0.15) is 0 Å². The van der Waals surface area contributed by atoms with E-state index in [1.54, 1.807) is 6.34 Å². The van der Waals surface area contributed by atoms with E-state index in [0.717, 1.165) is 13.7 Å². The molecule has 0 radical (unpaired) electrons. The van der Waals surface area contributed by atoms with Gasteiger partial charge in [0.25, 0.3) is 0 Å². The first-order valence-electron chi connectivity index (χ1n) is 3.75. The van der Waals surface area contributed by atoms with Gasteiger partial charge in [0.2, 0.25) is 0 Å². The van der Waals surface area contributed by atoms with Crippen LogP contribution in [0.15, 0.2) is 27.7 Å². The molecule has 4 heteroatoms. The van der Waals surface area contributed by atoms with Crippen molar-refractivity contribution < 1.29 is 0 Å². The van der Waals surface area contributed by atoms with Crippen molar-refractivity contribution in [2.75, 3.05) is 14.1 Å². The Morgan fingerprint density at radius 1 is 1.46 bits per heavy atom. The highest BCUT2D eigenvalue weighted by atomic mass is 127. The summed E-state index contributed by atoms with van der Waals surface area (Å²) in [6.07, 6.45) is 1.80. The van der Waals surface area contributed by atoms with Gasteiger partial charge in [0.1, 0.15) is 0 Å². The van der Waals surface area contributed by atoms with Crippen molar-refractivity contribution in [1.82, 2.24) is 4.90 Å². The molecule has 0 amide bonds. The van der Waals surface area contributed by atoms with Crippen LogP contribution in [0.2, 0.25) is 0 Å². The molecule has 0 aliphatic rings. The molecule has 0 bridgehead atoms. The minimum Gasteiger partial charge on any atom is -0.369 e. The van der Waals surface area contributed by atoms with Crippen molar-refractivity contribution >= 4 is 50.5 Å². The topological polar surface area (TPSA) is 15.6 Å². The first-order chi connectivity index (χ1) is 6.09. The lowest BCUT2D eigenvalue weighted by Crippen LogP contribution is -2.07. The van der Waals surface area contributed by atoms with Gasteiger partial charge in [0, 0.05) is 22.1 Å². The number of halogens is 2. The second-order valence-electron chi connectivity index (χ2n) is 2.80. The molecule has 0 aliphatic heterocycles. The van der Waals surface area contributed by atoms with E-state index in [0.29, 0.717) is 0 Å². The Morgan fingerprint density at radius 2 is 2.15 bits per heavy atom. The summed E-state index contributed by atoms with van der Waals surface area (Å²) in [5.74, 6) is 0. The Labute approximate surface area is 100 Å². The maximum Gasteiger partial charge on any atom is 0.0907 e. The fraction of sp³-hybridized carbons (Fsp3) is 0.222. The Kier molecular flexibility index (Phi) is 4.18. The van der Waals surface area contributed by atoms with Gasteiger partial charge in [-0.05, 0) is 40.8 Å². The van der Waals surface area contributed by atoms with Crippen LogP contribution in [0.3, 0.4) is 0 Å². The fourth-order valence-electron chi connectivity index (χ4n) is 0.764. The molecule has 13 heavy (non-hydrogen) atoms. The van der Waals surface area contributed by atoms with Crippen molar-refractivity contribution in [2.45, 2.75) is 0 Å². The van der Waals surface area contributed by atoms with Gasteiger partial charge < -0.3 is 4.90 Å². The lowest BCUT2D eigenvalue weighted by atomic mass is 10.3. The van der Waals surface area contributed by atoms with Crippen LogP contribution in [0.4, 0.5) is 5.69 Å². The predicted molar refractivity (Wildman–Crippen MR) is 68.7 cm³/mol. The summed E-state index contributed by atoms with van der Waals surface area (Å²) in [6.45, 7) is 0. The molecule has 0 unspecified atom stereocenters. The van der Waals surface area contributed by atoms with Gasteiger partial charge in [0.05, 0.1) is 12.0 Å². The van der Waals surface area contributed by atoms with Crippen molar-refractivity contribution in [3.8, 4) is 0 Å². The van der Waals surface area contributed by atoms with E-state index in [1.165, 1.54) is 0 Å². The van der Waals surface area contributed by atoms with E-state index in [4.69, 9.17) is 0 Å². The van der Waals surface area contributed by atoms with Crippen molar-refractivity contribution in [3.63, 3.8) is 0 Å². The Bertz CT molecular complexity index is 323. The highest BCUT2D eigenvalue weighted by molar-refractivity contribution is 14.1. The van der Waals surface area contributed by atoms with E-state index in [1.807, 2.05) is 37.2 Å². The third-order valence-corrected chi connectivity index (χ3v) is 2.69. The molecule has 0 aliphatic carbocycles. The van der Waals surface area contributed by atoms with Crippen LogP contribution in [0, 0.1) is 3.57 Å². The van der Waals surface area contributed by atoms with Gasteiger partial charge in [-0.3, -0.25) is 0 Å². The summed E-state index contributed by atoms with van der Waals surface area (Å²) in [5, 5.41) is 0. The minimum atomic E-state index is 0.998. The van der Waals surface area contributed by atoms with Crippen LogP contribution in [0.25, 0.3) is 0 Å². The number of aliphatic imine (C=N–C) groups is 1. The largest absolute Gasteiger partial charge is 0.369 e. The molecule has 0 atom stereocenters. The van der Waals surface area contributed by atoms with Crippen molar-refractivity contribution in [2.24, 2.45) is 4.99 Å². The Hall–Kier alpha value is -0.100. The molecule has 0 N–H and O–H groups in total. The SMILES string of the molecule is CN(C)/C=N/c1ccc(Br)cc1I. The summed E-state index contributed by atoms with van der Waals surface area (Å²) in [5.41, 5.74) is 0.998. The summed E-state index contributed by atoms with van der Waals surface area (Å²) in [7, 11) is 3.91. The second kappa shape index (κ2) is 4.95. The fourth-order valence-corrected chi connectivity index (χ4v) is 2.21. The van der Waals surface area contributed by atoms with Gasteiger partial charge in [-0.1, -0.05) is 15.9 Å². The third kappa shape index (κ3) is 3.64. The molecule has 70 valence electrons. The average Bonchev–Trinajstić information content (AvgIpc) is 2.02. The molecule has 0 aromatic heterocycles. The van der Waals surface area contributed by atoms with Gasteiger partial charge in [0.15, 0.2) is 0 Å². The maximum absolute atomic E-state index is 4.32. The number of benzene rings is 1. The molecule has 0 fully saturated rings. The van der Waals surface area contributed by atoms with Gasteiger partial charge in [-0.25, -0.2) is 4.99 Å². The summed E-state index contributed by atoms with van der Waals surface area (Å²) in [6, 6.07) is 6.03. The standard InChI is InChI=1S/C9H10BrIN2/c1-13(2)6-12-9-4-3-7(10)5-8(9)11/h3-6H,1-2H3/b12-6+. The van der Waals surface area contributed by atoms with Crippen molar-refractivity contribution in [1.29, 1.82) is 0 Å². The van der Waals surface area contributed by atoms with E-state index < -0.39 is 0 Å². The lowest BCUT2D eigenvalue weighted by Gasteiger charge is -2.03. The van der Waals surface area contributed by atoms with Crippen LogP contribution < -0.4 is 0 Å². The first-order valence-corrected chi connectivity index (χ1v) is 5.62. The minimum absolute atomic E-state index is 0.998. The summed E-state index contributed by atoms with van der Waals surface area (Å²) in [4.78, 5) is 6.23. The molecule has 1 aromatic carbocycles. The number of nitrogens with zero attached hydrogens (tertiary/aromatic N) is 2. The first kappa shape index (κ1) is 11.0. The van der Waals surface area contributed by atoms with E-state index in [-0.39, 0.29) is 0 Å². The number of hydrogen-bond donors (Lipinski definition) is 0. The van der Waals surface area contributed by atoms with Gasteiger partial charge in [-0.15, -0.1) is 0 Å². The summed E-state index contributed by atoms with van der Waals surface area (Å²) >= 11 is 5.68. The average molecular weight is 353 g/mol. The highest BCUT2D eigenvalue weighted by Gasteiger charge is 1.96. The monoisotopic (exact) mass is 352 g/mol. The zero-order valence-electron chi connectivity index (χ0n) is 7.46. The predicted octanol–water partition coefficient (Wildman–Crippen LogP) is 3.28. The van der Waals surface area contributed by atoms with Crippen LogP contribution in [-0.2, 0) is 0 Å². The molecule has 2 nitrogen and oxygen atoms in total. The number of hydrogen-bond acceptors (Lipinski definition) is 1. The summed E-state index contributed by atoms with van der Waals surface area (Å²) < 4.78 is 2.23.